The number of nitrogens with zero attached hydrogens (tertiary/aromatic N) is 4. The summed E-state index contributed by atoms with van der Waals surface area (Å²) in [6.07, 6.45) is 1.70. The Morgan fingerprint density at radius 3 is 2.88 bits per heavy atom. The molecule has 0 unspecified atom stereocenters. The molecule has 0 aliphatic heterocycles. The first-order valence-corrected chi connectivity index (χ1v) is 7.66. The van der Waals surface area contributed by atoms with Crippen LogP contribution in [-0.2, 0) is 16.0 Å². The van der Waals surface area contributed by atoms with Gasteiger partial charge in [0.2, 0.25) is 0 Å². The molecule has 6 nitrogen and oxygen atoms in total. The van der Waals surface area contributed by atoms with Crippen molar-refractivity contribution < 1.29 is 9.53 Å². The molecule has 0 spiro atoms. The Labute approximate surface area is 143 Å². The van der Waals surface area contributed by atoms with E-state index in [1.807, 2.05) is 31.2 Å². The fourth-order valence-electron chi connectivity index (χ4n) is 2.28. The van der Waals surface area contributed by atoms with E-state index in [0.29, 0.717) is 22.2 Å². The first kappa shape index (κ1) is 16.1. The van der Waals surface area contributed by atoms with E-state index in [1.54, 1.807) is 22.7 Å². The van der Waals surface area contributed by atoms with Crippen molar-refractivity contribution in [1.82, 2.24) is 9.38 Å². The Kier molecular flexibility index (Phi) is 4.57. The van der Waals surface area contributed by atoms with Crippen molar-refractivity contribution in [1.29, 1.82) is 0 Å². The SMILES string of the molecule is COC(=O)Cc1nc2ccc(Cl)cn2c1N=Nc1cccc(C)c1. The second-order valence-electron chi connectivity index (χ2n) is 5.25. The number of rotatable bonds is 4. The molecule has 0 fully saturated rings. The quantitative estimate of drug-likeness (QED) is 0.520. The highest BCUT2D eigenvalue weighted by molar-refractivity contribution is 6.30. The molecular weight excluding hydrogens is 328 g/mol. The second-order valence-corrected chi connectivity index (χ2v) is 5.69. The largest absolute Gasteiger partial charge is 0.469 e. The smallest absolute Gasteiger partial charge is 0.311 e. The van der Waals surface area contributed by atoms with E-state index in [0.717, 1.165) is 11.3 Å². The Morgan fingerprint density at radius 2 is 2.12 bits per heavy atom. The molecule has 7 heteroatoms. The van der Waals surface area contributed by atoms with E-state index in [4.69, 9.17) is 16.3 Å². The molecule has 0 N–H and O–H groups in total. The van der Waals surface area contributed by atoms with Crippen LogP contribution in [-0.4, -0.2) is 22.5 Å². The van der Waals surface area contributed by atoms with Crippen LogP contribution in [0.25, 0.3) is 5.65 Å². The van der Waals surface area contributed by atoms with E-state index in [9.17, 15) is 4.79 Å². The molecule has 0 saturated carbocycles. The van der Waals surface area contributed by atoms with Gasteiger partial charge in [-0.25, -0.2) is 4.98 Å². The topological polar surface area (TPSA) is 68.3 Å². The van der Waals surface area contributed by atoms with Crippen LogP contribution in [0.1, 0.15) is 11.3 Å². The first-order chi connectivity index (χ1) is 11.6. The zero-order valence-electron chi connectivity index (χ0n) is 13.2. The predicted molar refractivity (Wildman–Crippen MR) is 91.3 cm³/mol. The van der Waals surface area contributed by atoms with E-state index in [2.05, 4.69) is 15.2 Å². The van der Waals surface area contributed by atoms with Gasteiger partial charge in [-0.2, -0.15) is 0 Å². The number of esters is 1. The van der Waals surface area contributed by atoms with Crippen molar-refractivity contribution in [3.8, 4) is 0 Å². The van der Waals surface area contributed by atoms with Gasteiger partial charge in [0.05, 0.1) is 29.9 Å². The van der Waals surface area contributed by atoms with Crippen molar-refractivity contribution in [3.63, 3.8) is 0 Å². The maximum atomic E-state index is 11.6. The number of aryl methyl sites for hydroxylation is 1. The fourth-order valence-corrected chi connectivity index (χ4v) is 2.44. The lowest BCUT2D eigenvalue weighted by Gasteiger charge is -2.00. The average Bonchev–Trinajstić information content (AvgIpc) is 2.89. The van der Waals surface area contributed by atoms with E-state index in [-0.39, 0.29) is 6.42 Å². The molecule has 122 valence electrons. The molecule has 1 aromatic carbocycles. The van der Waals surface area contributed by atoms with Gasteiger partial charge in [-0.05, 0) is 36.8 Å². The van der Waals surface area contributed by atoms with Crippen LogP contribution in [0.2, 0.25) is 5.02 Å². The summed E-state index contributed by atoms with van der Waals surface area (Å²) in [5.74, 6) is 0.0657. The van der Waals surface area contributed by atoms with Crippen molar-refractivity contribution in [3.05, 3.63) is 58.9 Å². The van der Waals surface area contributed by atoms with Gasteiger partial charge in [0.25, 0.3) is 0 Å². The molecular formula is C17H15ClN4O2. The highest BCUT2D eigenvalue weighted by Gasteiger charge is 2.16. The first-order valence-electron chi connectivity index (χ1n) is 7.28. The van der Waals surface area contributed by atoms with Crippen molar-refractivity contribution in [2.75, 3.05) is 7.11 Å². The number of fused-ring (bicyclic) bond motifs is 1. The number of azo groups is 1. The van der Waals surface area contributed by atoms with Gasteiger partial charge in [0, 0.05) is 6.20 Å². The second kappa shape index (κ2) is 6.80. The summed E-state index contributed by atoms with van der Waals surface area (Å²) in [6, 6.07) is 11.1. The number of halogens is 1. The van der Waals surface area contributed by atoms with Crippen LogP contribution >= 0.6 is 11.6 Å². The summed E-state index contributed by atoms with van der Waals surface area (Å²) < 4.78 is 6.43. The van der Waals surface area contributed by atoms with Gasteiger partial charge in [-0.1, -0.05) is 23.7 Å². The van der Waals surface area contributed by atoms with Crippen molar-refractivity contribution >= 4 is 34.7 Å². The third kappa shape index (κ3) is 3.44. The van der Waals surface area contributed by atoms with E-state index >= 15 is 0 Å². The van der Waals surface area contributed by atoms with E-state index < -0.39 is 5.97 Å². The fraction of sp³-hybridized carbons (Fsp3) is 0.176. The third-order valence-electron chi connectivity index (χ3n) is 3.43. The normalized spacial score (nSPS) is 11.3. The maximum Gasteiger partial charge on any atom is 0.311 e. The summed E-state index contributed by atoms with van der Waals surface area (Å²) in [5.41, 5.74) is 2.93. The van der Waals surface area contributed by atoms with Gasteiger partial charge < -0.3 is 4.74 Å². The Bertz CT molecular complexity index is 933. The minimum atomic E-state index is -0.392. The van der Waals surface area contributed by atoms with E-state index in [1.165, 1.54) is 7.11 Å². The molecule has 0 saturated heterocycles. The molecule has 24 heavy (non-hydrogen) atoms. The minimum Gasteiger partial charge on any atom is -0.469 e. The summed E-state index contributed by atoms with van der Waals surface area (Å²) in [4.78, 5) is 16.0. The number of hydrogen-bond donors (Lipinski definition) is 0. The van der Waals surface area contributed by atoms with Crippen LogP contribution < -0.4 is 0 Å². The Balaban J connectivity index is 2.07. The summed E-state index contributed by atoms with van der Waals surface area (Å²) in [5, 5.41) is 9.08. The molecule has 2 heterocycles. The average molecular weight is 343 g/mol. The summed E-state index contributed by atoms with van der Waals surface area (Å²) in [6.45, 7) is 1.98. The number of imidazole rings is 1. The lowest BCUT2D eigenvalue weighted by Crippen LogP contribution is -2.04. The Hall–Kier alpha value is -2.73. The van der Waals surface area contributed by atoms with Gasteiger partial charge in [0.1, 0.15) is 5.65 Å². The number of carbonyl (C=O) groups is 1. The highest BCUT2D eigenvalue weighted by atomic mass is 35.5. The standard InChI is InChI=1S/C17H15ClN4O2/c1-11-4-3-5-13(8-11)20-21-17-14(9-16(23)24-2)19-15-7-6-12(18)10-22(15)17/h3-8,10H,9H2,1-2H3. The summed E-state index contributed by atoms with van der Waals surface area (Å²) >= 11 is 6.06. The van der Waals surface area contributed by atoms with Crippen LogP contribution in [0.3, 0.4) is 0 Å². The van der Waals surface area contributed by atoms with Crippen LogP contribution in [0, 0.1) is 6.92 Å². The third-order valence-corrected chi connectivity index (χ3v) is 3.65. The minimum absolute atomic E-state index is 0.0119. The van der Waals surface area contributed by atoms with Gasteiger partial charge >= 0.3 is 5.97 Å². The number of hydrogen-bond acceptors (Lipinski definition) is 5. The summed E-state index contributed by atoms with van der Waals surface area (Å²) in [7, 11) is 1.34. The molecule has 0 atom stereocenters. The van der Waals surface area contributed by atoms with Crippen LogP contribution in [0.15, 0.2) is 52.8 Å². The zero-order chi connectivity index (χ0) is 17.1. The molecule has 0 aliphatic rings. The number of aromatic nitrogens is 2. The lowest BCUT2D eigenvalue weighted by molar-refractivity contribution is -0.139. The number of pyridine rings is 1. The van der Waals surface area contributed by atoms with Gasteiger partial charge in [-0.15, -0.1) is 10.2 Å². The van der Waals surface area contributed by atoms with Gasteiger partial charge in [-0.3, -0.25) is 9.20 Å². The van der Waals surface area contributed by atoms with Crippen LogP contribution in [0.4, 0.5) is 11.5 Å². The maximum absolute atomic E-state index is 11.6. The number of carbonyl (C=O) groups excluding carboxylic acids is 1. The number of benzene rings is 1. The number of ether oxygens (including phenoxy) is 1. The van der Waals surface area contributed by atoms with Crippen molar-refractivity contribution in [2.45, 2.75) is 13.3 Å². The number of methoxy groups -OCH3 is 1. The zero-order valence-corrected chi connectivity index (χ0v) is 14.0. The monoisotopic (exact) mass is 342 g/mol. The predicted octanol–water partition coefficient (Wildman–Crippen LogP) is 4.43. The van der Waals surface area contributed by atoms with Gasteiger partial charge in [0.15, 0.2) is 5.82 Å². The molecule has 0 radical (unpaired) electrons. The lowest BCUT2D eigenvalue weighted by atomic mass is 10.2. The van der Waals surface area contributed by atoms with Crippen molar-refractivity contribution in [2.24, 2.45) is 10.2 Å². The molecule has 0 bridgehead atoms. The molecule has 2 aromatic heterocycles. The highest BCUT2D eigenvalue weighted by Crippen LogP contribution is 2.26. The van der Waals surface area contributed by atoms with Crippen LogP contribution in [0.5, 0.6) is 0 Å². The molecule has 3 aromatic rings. The molecule has 0 amide bonds. The molecule has 3 rings (SSSR count). The molecule has 0 aliphatic carbocycles. The Morgan fingerprint density at radius 1 is 1.29 bits per heavy atom.